The Labute approximate surface area is 72.5 Å². The Balaban J connectivity index is 1.85. The highest BCUT2D eigenvalue weighted by Gasteiger charge is 2.36. The minimum atomic E-state index is -0.442. The first kappa shape index (κ1) is 8.50. The van der Waals surface area contributed by atoms with Crippen LogP contribution in [-0.2, 0) is 9.39 Å². The van der Waals surface area contributed by atoms with E-state index in [-0.39, 0.29) is 6.10 Å². The minimum Gasteiger partial charge on any atom is -0.429 e. The van der Waals surface area contributed by atoms with Crippen molar-refractivity contribution in [3.8, 4) is 0 Å². The average molecular weight is 170 g/mol. The van der Waals surface area contributed by atoms with E-state index in [9.17, 15) is 0 Å². The maximum atomic E-state index is 8.39. The summed E-state index contributed by atoms with van der Waals surface area (Å²) in [5.74, 6) is 0. The lowest BCUT2D eigenvalue weighted by Crippen LogP contribution is -2.36. The van der Waals surface area contributed by atoms with Crippen LogP contribution in [-0.4, -0.2) is 31.3 Å². The lowest BCUT2D eigenvalue weighted by molar-refractivity contribution is -0.0908. The number of hydrogen-bond donors (Lipinski definition) is 2. The predicted octanol–water partition coefficient (Wildman–Crippen LogP) is -0.256. The zero-order valence-electron chi connectivity index (χ0n) is 6.90. The fourth-order valence-electron chi connectivity index (χ4n) is 1.95. The molecule has 0 aromatic carbocycles. The second kappa shape index (κ2) is 3.74. The SMILES string of the molecule is O[B]OC1NC2CCCCC2O1. The molecule has 5 heteroatoms. The summed E-state index contributed by atoms with van der Waals surface area (Å²) in [5.41, 5.74) is 0. The van der Waals surface area contributed by atoms with Gasteiger partial charge in [0.15, 0.2) is 0 Å². The Morgan fingerprint density at radius 2 is 2.25 bits per heavy atom. The van der Waals surface area contributed by atoms with Crippen molar-refractivity contribution in [2.45, 2.75) is 44.2 Å². The monoisotopic (exact) mass is 170 g/mol. The van der Waals surface area contributed by atoms with Crippen LogP contribution in [0, 0.1) is 0 Å². The fourth-order valence-corrected chi connectivity index (χ4v) is 1.95. The van der Waals surface area contributed by atoms with Crippen LogP contribution < -0.4 is 5.32 Å². The highest BCUT2D eigenvalue weighted by atomic mass is 16.7. The van der Waals surface area contributed by atoms with Crippen molar-refractivity contribution in [2.75, 3.05) is 0 Å². The van der Waals surface area contributed by atoms with Crippen LogP contribution in [0.25, 0.3) is 0 Å². The van der Waals surface area contributed by atoms with Gasteiger partial charge in [-0.2, -0.15) is 0 Å². The van der Waals surface area contributed by atoms with Gasteiger partial charge in [-0.1, -0.05) is 12.8 Å². The Morgan fingerprint density at radius 3 is 3.00 bits per heavy atom. The van der Waals surface area contributed by atoms with Gasteiger partial charge in [-0.25, -0.2) is 0 Å². The molecule has 0 aromatic heterocycles. The summed E-state index contributed by atoms with van der Waals surface area (Å²) >= 11 is 0. The molecule has 1 heterocycles. The molecule has 67 valence electrons. The lowest BCUT2D eigenvalue weighted by Gasteiger charge is -2.22. The smallest absolute Gasteiger partial charge is 0.429 e. The summed E-state index contributed by atoms with van der Waals surface area (Å²) in [7, 11) is 0.676. The molecular formula is C7H13BNO3. The van der Waals surface area contributed by atoms with Crippen molar-refractivity contribution in [1.82, 2.24) is 5.32 Å². The first-order valence-corrected chi connectivity index (χ1v) is 4.43. The zero-order chi connectivity index (χ0) is 8.39. The standard InChI is InChI=1S/C7H13BNO3/c10-8-12-7-9-5-3-1-2-4-6(5)11-7/h5-7,9-10H,1-4H2. The van der Waals surface area contributed by atoms with Gasteiger partial charge in [-0.15, -0.1) is 0 Å². The minimum absolute atomic E-state index is 0.281. The molecule has 4 nitrogen and oxygen atoms in total. The third kappa shape index (κ3) is 1.64. The van der Waals surface area contributed by atoms with Gasteiger partial charge in [0.25, 0.3) is 0 Å². The molecule has 1 saturated carbocycles. The van der Waals surface area contributed by atoms with Gasteiger partial charge < -0.3 is 14.4 Å². The number of fused-ring (bicyclic) bond motifs is 1. The lowest BCUT2D eigenvalue weighted by atomic mass is 9.93. The molecule has 3 unspecified atom stereocenters. The third-order valence-electron chi connectivity index (χ3n) is 2.54. The highest BCUT2D eigenvalue weighted by molar-refractivity contribution is 6.15. The van der Waals surface area contributed by atoms with E-state index in [0.717, 1.165) is 12.8 Å². The summed E-state index contributed by atoms with van der Waals surface area (Å²) in [4.78, 5) is 0. The molecule has 1 aliphatic heterocycles. The summed E-state index contributed by atoms with van der Waals surface area (Å²) in [6.45, 7) is 0. The van der Waals surface area contributed by atoms with Gasteiger partial charge in [0, 0.05) is 6.04 Å². The molecule has 12 heavy (non-hydrogen) atoms. The molecular weight excluding hydrogens is 157 g/mol. The molecule has 2 rings (SSSR count). The molecule has 2 aliphatic rings. The van der Waals surface area contributed by atoms with Crippen molar-refractivity contribution >= 4 is 7.69 Å². The summed E-state index contributed by atoms with van der Waals surface area (Å²) in [5, 5.41) is 11.6. The molecule has 3 atom stereocenters. The van der Waals surface area contributed by atoms with Crippen molar-refractivity contribution in [3.05, 3.63) is 0 Å². The van der Waals surface area contributed by atoms with Gasteiger partial charge in [0.1, 0.15) is 0 Å². The zero-order valence-corrected chi connectivity index (χ0v) is 6.90. The fraction of sp³-hybridized carbons (Fsp3) is 1.00. The number of hydrogen-bond acceptors (Lipinski definition) is 4. The van der Waals surface area contributed by atoms with Gasteiger partial charge >= 0.3 is 7.69 Å². The van der Waals surface area contributed by atoms with E-state index in [1.165, 1.54) is 12.8 Å². The Kier molecular flexibility index (Phi) is 2.65. The average Bonchev–Trinajstić information content (AvgIpc) is 2.47. The van der Waals surface area contributed by atoms with Crippen LogP contribution in [0.1, 0.15) is 25.7 Å². The molecule has 0 amide bonds. The largest absolute Gasteiger partial charge is 0.488 e. The van der Waals surface area contributed by atoms with Crippen LogP contribution in [0.5, 0.6) is 0 Å². The van der Waals surface area contributed by atoms with E-state index >= 15 is 0 Å². The van der Waals surface area contributed by atoms with Crippen molar-refractivity contribution in [1.29, 1.82) is 0 Å². The molecule has 1 radical (unpaired) electrons. The van der Waals surface area contributed by atoms with Crippen LogP contribution in [0.4, 0.5) is 0 Å². The number of ether oxygens (including phenoxy) is 1. The van der Waals surface area contributed by atoms with E-state index in [1.807, 2.05) is 0 Å². The van der Waals surface area contributed by atoms with Gasteiger partial charge in [0.05, 0.1) is 6.10 Å². The topological polar surface area (TPSA) is 50.7 Å². The maximum Gasteiger partial charge on any atom is 0.488 e. The third-order valence-corrected chi connectivity index (χ3v) is 2.54. The number of rotatable bonds is 2. The number of nitrogens with one attached hydrogen (secondary N) is 1. The molecule has 1 aliphatic carbocycles. The van der Waals surface area contributed by atoms with Crippen molar-refractivity contribution in [2.24, 2.45) is 0 Å². The van der Waals surface area contributed by atoms with Crippen LogP contribution >= 0.6 is 0 Å². The van der Waals surface area contributed by atoms with Gasteiger partial charge in [-0.3, -0.25) is 5.32 Å². The maximum absolute atomic E-state index is 8.39. The van der Waals surface area contributed by atoms with Crippen LogP contribution in [0.3, 0.4) is 0 Å². The van der Waals surface area contributed by atoms with Gasteiger partial charge in [-0.05, 0) is 12.8 Å². The molecule has 2 fully saturated rings. The molecule has 0 bridgehead atoms. The molecule has 2 N–H and O–H groups in total. The van der Waals surface area contributed by atoms with E-state index < -0.39 is 6.41 Å². The van der Waals surface area contributed by atoms with Crippen molar-refractivity contribution < 1.29 is 14.4 Å². The Morgan fingerprint density at radius 1 is 1.42 bits per heavy atom. The Bertz CT molecular complexity index is 144. The Hall–Kier alpha value is -0.0951. The van der Waals surface area contributed by atoms with Crippen LogP contribution in [0.2, 0.25) is 0 Å². The first-order chi connectivity index (χ1) is 5.90. The molecule has 0 spiro atoms. The van der Waals surface area contributed by atoms with E-state index in [1.54, 1.807) is 0 Å². The summed E-state index contributed by atoms with van der Waals surface area (Å²) in [6.07, 6.45) is 4.58. The quantitative estimate of drug-likeness (QED) is 0.560. The van der Waals surface area contributed by atoms with Crippen LogP contribution in [0.15, 0.2) is 0 Å². The second-order valence-electron chi connectivity index (χ2n) is 3.31. The van der Waals surface area contributed by atoms with Crippen molar-refractivity contribution in [3.63, 3.8) is 0 Å². The van der Waals surface area contributed by atoms with Gasteiger partial charge in [0.2, 0.25) is 6.41 Å². The second-order valence-corrected chi connectivity index (χ2v) is 3.31. The summed E-state index contributed by atoms with van der Waals surface area (Å²) < 4.78 is 10.3. The molecule has 1 saturated heterocycles. The first-order valence-electron chi connectivity index (χ1n) is 4.43. The van der Waals surface area contributed by atoms with E-state index in [0.29, 0.717) is 13.7 Å². The summed E-state index contributed by atoms with van der Waals surface area (Å²) in [6, 6.07) is 0.420. The molecule has 0 aromatic rings. The van der Waals surface area contributed by atoms with E-state index in [4.69, 9.17) is 14.4 Å². The van der Waals surface area contributed by atoms with E-state index in [2.05, 4.69) is 5.32 Å². The normalized spacial score (nSPS) is 40.9. The predicted molar refractivity (Wildman–Crippen MR) is 43.1 cm³/mol. The highest BCUT2D eigenvalue weighted by Crippen LogP contribution is 2.26.